The van der Waals surface area contributed by atoms with E-state index in [1.807, 2.05) is 13.8 Å². The van der Waals surface area contributed by atoms with Gasteiger partial charge in [-0.05, 0) is 12.8 Å². The smallest absolute Gasteiger partial charge is 0.168 e. The molecule has 12 heavy (non-hydrogen) atoms. The number of rotatable bonds is 0. The highest BCUT2D eigenvalue weighted by atomic mass is 16.7. The van der Waals surface area contributed by atoms with Crippen LogP contribution in [0.4, 0.5) is 0 Å². The maximum absolute atomic E-state index is 5.56. The van der Waals surface area contributed by atoms with Crippen molar-refractivity contribution in [2.45, 2.75) is 51.7 Å². The van der Waals surface area contributed by atoms with Crippen LogP contribution in [0.2, 0.25) is 0 Å². The fraction of sp³-hybridized carbons (Fsp3) is 1.00. The number of hydrogen-bond acceptors (Lipinski definition) is 2. The normalized spacial score (nSPS) is 26.5. The van der Waals surface area contributed by atoms with E-state index in [1.165, 1.54) is 19.3 Å². The second-order valence-corrected chi connectivity index (χ2v) is 3.17. The summed E-state index contributed by atoms with van der Waals surface area (Å²) in [5, 5.41) is 0. The summed E-state index contributed by atoms with van der Waals surface area (Å²) < 4.78 is 11.1. The van der Waals surface area contributed by atoms with Gasteiger partial charge in [-0.25, -0.2) is 0 Å². The molecule has 0 atom stereocenters. The van der Waals surface area contributed by atoms with Gasteiger partial charge in [0.15, 0.2) is 5.79 Å². The van der Waals surface area contributed by atoms with Crippen LogP contribution < -0.4 is 0 Å². The summed E-state index contributed by atoms with van der Waals surface area (Å²) in [6.07, 6.45) is 6.15. The number of hydrogen-bond donors (Lipinski definition) is 0. The van der Waals surface area contributed by atoms with Crippen LogP contribution in [0.25, 0.3) is 0 Å². The van der Waals surface area contributed by atoms with Crippen molar-refractivity contribution in [1.29, 1.82) is 0 Å². The Balaban J connectivity index is 0.000000336. The quantitative estimate of drug-likeness (QED) is 0.559. The van der Waals surface area contributed by atoms with E-state index in [-0.39, 0.29) is 5.79 Å². The molecule has 0 amide bonds. The Morgan fingerprint density at radius 3 is 1.83 bits per heavy atom. The van der Waals surface area contributed by atoms with Crippen LogP contribution in [0.1, 0.15) is 46.0 Å². The first-order valence-electron chi connectivity index (χ1n) is 5.19. The molecule has 0 aromatic carbocycles. The summed E-state index contributed by atoms with van der Waals surface area (Å²) in [5.41, 5.74) is 0. The van der Waals surface area contributed by atoms with Crippen molar-refractivity contribution in [3.63, 3.8) is 0 Å². The lowest BCUT2D eigenvalue weighted by Gasteiger charge is -2.30. The molecule has 1 aliphatic carbocycles. The predicted octanol–water partition coefficient (Wildman–Crippen LogP) is 2.72. The lowest BCUT2D eigenvalue weighted by Crippen LogP contribution is -2.32. The topological polar surface area (TPSA) is 18.5 Å². The van der Waals surface area contributed by atoms with Crippen molar-refractivity contribution >= 4 is 0 Å². The predicted molar refractivity (Wildman–Crippen MR) is 49.1 cm³/mol. The van der Waals surface area contributed by atoms with Crippen LogP contribution in [0.5, 0.6) is 0 Å². The minimum absolute atomic E-state index is 0.127. The van der Waals surface area contributed by atoms with Crippen LogP contribution in [-0.2, 0) is 9.47 Å². The molecule has 1 aliphatic heterocycles. The molecule has 2 aliphatic rings. The van der Waals surface area contributed by atoms with E-state index >= 15 is 0 Å². The van der Waals surface area contributed by atoms with Gasteiger partial charge in [-0.3, -0.25) is 0 Å². The largest absolute Gasteiger partial charge is 0.348 e. The van der Waals surface area contributed by atoms with E-state index in [2.05, 4.69) is 0 Å². The molecule has 72 valence electrons. The molecule has 1 saturated carbocycles. The third kappa shape index (κ3) is 2.20. The highest BCUT2D eigenvalue weighted by Gasteiger charge is 2.37. The molecule has 2 rings (SSSR count). The third-order valence-corrected chi connectivity index (χ3v) is 2.43. The molecular formula is C10H20O2. The molecule has 0 N–H and O–H groups in total. The van der Waals surface area contributed by atoms with Gasteiger partial charge in [0.2, 0.25) is 0 Å². The Kier molecular flexibility index (Phi) is 4.02. The third-order valence-electron chi connectivity index (χ3n) is 2.43. The molecule has 0 aromatic heterocycles. The van der Waals surface area contributed by atoms with Crippen LogP contribution in [-0.4, -0.2) is 19.0 Å². The molecular weight excluding hydrogens is 152 g/mol. The van der Waals surface area contributed by atoms with Gasteiger partial charge in [0, 0.05) is 12.8 Å². The molecule has 1 saturated heterocycles. The first-order chi connectivity index (χ1) is 5.91. The molecule has 2 fully saturated rings. The maximum atomic E-state index is 5.56. The fourth-order valence-electron chi connectivity index (χ4n) is 1.88. The van der Waals surface area contributed by atoms with Gasteiger partial charge in [0.05, 0.1) is 13.2 Å². The van der Waals surface area contributed by atoms with E-state index in [4.69, 9.17) is 9.47 Å². The Labute approximate surface area is 75.2 Å². The molecule has 2 nitrogen and oxygen atoms in total. The van der Waals surface area contributed by atoms with Crippen molar-refractivity contribution in [2.75, 3.05) is 13.2 Å². The van der Waals surface area contributed by atoms with Crippen LogP contribution in [0.15, 0.2) is 0 Å². The van der Waals surface area contributed by atoms with Crippen LogP contribution in [0.3, 0.4) is 0 Å². The summed E-state index contributed by atoms with van der Waals surface area (Å²) in [4.78, 5) is 0. The van der Waals surface area contributed by atoms with Crippen molar-refractivity contribution in [3.8, 4) is 0 Å². The van der Waals surface area contributed by atoms with Crippen molar-refractivity contribution in [2.24, 2.45) is 0 Å². The van der Waals surface area contributed by atoms with Crippen LogP contribution >= 0.6 is 0 Å². The first kappa shape index (κ1) is 10.0. The van der Waals surface area contributed by atoms with Crippen molar-refractivity contribution < 1.29 is 9.47 Å². The Hall–Kier alpha value is -0.0800. The summed E-state index contributed by atoms with van der Waals surface area (Å²) in [6.45, 7) is 5.61. The minimum atomic E-state index is -0.127. The molecule has 0 unspecified atom stereocenters. The molecule has 0 aromatic rings. The van der Waals surface area contributed by atoms with E-state index < -0.39 is 0 Å². The van der Waals surface area contributed by atoms with Gasteiger partial charge in [-0.15, -0.1) is 0 Å². The zero-order valence-corrected chi connectivity index (χ0v) is 8.27. The Morgan fingerprint density at radius 1 is 0.833 bits per heavy atom. The SMILES string of the molecule is C1CCC2(CC1)OCCO2.CC. The highest BCUT2D eigenvalue weighted by molar-refractivity contribution is 4.77. The fourth-order valence-corrected chi connectivity index (χ4v) is 1.88. The van der Waals surface area contributed by atoms with E-state index in [0.29, 0.717) is 0 Å². The van der Waals surface area contributed by atoms with E-state index in [9.17, 15) is 0 Å². The number of ether oxygens (including phenoxy) is 2. The average Bonchev–Trinajstić information content (AvgIpc) is 2.58. The molecule has 1 heterocycles. The van der Waals surface area contributed by atoms with Gasteiger partial charge < -0.3 is 9.47 Å². The zero-order chi connectivity index (χ0) is 8.86. The monoisotopic (exact) mass is 172 g/mol. The Bertz CT molecular complexity index is 109. The molecule has 0 radical (unpaired) electrons. The van der Waals surface area contributed by atoms with Gasteiger partial charge in [0.25, 0.3) is 0 Å². The van der Waals surface area contributed by atoms with Crippen molar-refractivity contribution in [3.05, 3.63) is 0 Å². The van der Waals surface area contributed by atoms with E-state index in [0.717, 1.165) is 26.1 Å². The molecule has 0 bridgehead atoms. The van der Waals surface area contributed by atoms with E-state index in [1.54, 1.807) is 0 Å². The average molecular weight is 172 g/mol. The highest BCUT2D eigenvalue weighted by Crippen LogP contribution is 2.35. The summed E-state index contributed by atoms with van der Waals surface area (Å²) in [5.74, 6) is -0.127. The lowest BCUT2D eigenvalue weighted by molar-refractivity contribution is -0.176. The standard InChI is InChI=1S/C8H14O2.C2H6/c1-2-4-8(5-3-1)9-6-7-10-8;1-2/h1-7H2;1-2H3. The van der Waals surface area contributed by atoms with Gasteiger partial charge >= 0.3 is 0 Å². The van der Waals surface area contributed by atoms with Gasteiger partial charge in [-0.2, -0.15) is 0 Å². The first-order valence-corrected chi connectivity index (χ1v) is 5.19. The Morgan fingerprint density at radius 2 is 1.33 bits per heavy atom. The molecule has 1 spiro atoms. The lowest BCUT2D eigenvalue weighted by atomic mass is 9.94. The van der Waals surface area contributed by atoms with Crippen LogP contribution in [0, 0.1) is 0 Å². The summed E-state index contributed by atoms with van der Waals surface area (Å²) in [6, 6.07) is 0. The van der Waals surface area contributed by atoms with Gasteiger partial charge in [0.1, 0.15) is 0 Å². The van der Waals surface area contributed by atoms with Crippen molar-refractivity contribution in [1.82, 2.24) is 0 Å². The zero-order valence-electron chi connectivity index (χ0n) is 8.27. The maximum Gasteiger partial charge on any atom is 0.168 e. The second-order valence-electron chi connectivity index (χ2n) is 3.17. The van der Waals surface area contributed by atoms with Gasteiger partial charge in [-0.1, -0.05) is 20.3 Å². The molecule has 2 heteroatoms. The second kappa shape index (κ2) is 4.83. The summed E-state index contributed by atoms with van der Waals surface area (Å²) in [7, 11) is 0. The summed E-state index contributed by atoms with van der Waals surface area (Å²) >= 11 is 0. The minimum Gasteiger partial charge on any atom is -0.348 e.